The summed E-state index contributed by atoms with van der Waals surface area (Å²) in [5, 5.41) is 4.51. The summed E-state index contributed by atoms with van der Waals surface area (Å²) in [6, 6.07) is 5.98. The molecule has 1 aliphatic carbocycles. The number of aromatic nitrogens is 1. The summed E-state index contributed by atoms with van der Waals surface area (Å²) in [6.45, 7) is 0. The van der Waals surface area contributed by atoms with E-state index in [9.17, 15) is 0 Å². The molecule has 17 heavy (non-hydrogen) atoms. The summed E-state index contributed by atoms with van der Waals surface area (Å²) in [6.07, 6.45) is 6.28. The van der Waals surface area contributed by atoms with Crippen LogP contribution in [0.5, 0.6) is 0 Å². The predicted molar refractivity (Wildman–Crippen MR) is 72.8 cm³/mol. The number of nitrogens with zero attached hydrogens (tertiary/aromatic N) is 2. The van der Waals surface area contributed by atoms with E-state index in [0.29, 0.717) is 5.92 Å². The minimum Gasteiger partial charge on any atom is -0.375 e. The Bertz CT molecular complexity index is 416. The molecular formula is C12H16N4S. The lowest BCUT2D eigenvalue weighted by Crippen LogP contribution is -2.28. The third kappa shape index (κ3) is 3.23. The fourth-order valence-electron chi connectivity index (χ4n) is 2.16. The Labute approximate surface area is 106 Å². The summed E-state index contributed by atoms with van der Waals surface area (Å²) in [7, 11) is 0. The Morgan fingerprint density at radius 3 is 3.06 bits per heavy atom. The number of hydrogen-bond acceptors (Lipinski definition) is 3. The summed E-state index contributed by atoms with van der Waals surface area (Å²) in [5.74, 6) is 0.298. The van der Waals surface area contributed by atoms with Gasteiger partial charge in [0.05, 0.1) is 0 Å². The van der Waals surface area contributed by atoms with Crippen LogP contribution in [0.3, 0.4) is 0 Å². The molecule has 0 bridgehead atoms. The van der Waals surface area contributed by atoms with Crippen molar-refractivity contribution >= 4 is 23.0 Å². The monoisotopic (exact) mass is 248 g/mol. The van der Waals surface area contributed by atoms with Crippen LogP contribution in [0.4, 0.5) is 0 Å². The van der Waals surface area contributed by atoms with E-state index >= 15 is 0 Å². The van der Waals surface area contributed by atoms with Gasteiger partial charge >= 0.3 is 0 Å². The van der Waals surface area contributed by atoms with Gasteiger partial charge in [-0.1, -0.05) is 12.5 Å². The zero-order valence-electron chi connectivity index (χ0n) is 9.60. The highest BCUT2D eigenvalue weighted by atomic mass is 32.1. The van der Waals surface area contributed by atoms with Crippen LogP contribution in [0, 0.1) is 0 Å². The highest BCUT2D eigenvalue weighted by molar-refractivity contribution is 7.80. The number of rotatable bonds is 2. The van der Waals surface area contributed by atoms with E-state index in [1.807, 2.05) is 24.4 Å². The number of nitrogens with two attached hydrogens (primary N) is 1. The van der Waals surface area contributed by atoms with Crippen molar-refractivity contribution in [2.24, 2.45) is 10.8 Å². The van der Waals surface area contributed by atoms with Crippen LogP contribution >= 0.6 is 12.2 Å². The number of nitrogens with one attached hydrogen (secondary N) is 1. The van der Waals surface area contributed by atoms with Gasteiger partial charge < -0.3 is 5.73 Å². The second kappa shape index (κ2) is 5.72. The molecule has 1 fully saturated rings. The van der Waals surface area contributed by atoms with E-state index < -0.39 is 0 Å². The predicted octanol–water partition coefficient (Wildman–Crippen LogP) is 1.93. The molecule has 0 radical (unpaired) electrons. The average molecular weight is 248 g/mol. The van der Waals surface area contributed by atoms with Gasteiger partial charge in [0.1, 0.15) is 0 Å². The van der Waals surface area contributed by atoms with E-state index in [4.69, 9.17) is 18.0 Å². The second-order valence-electron chi connectivity index (χ2n) is 4.13. The van der Waals surface area contributed by atoms with Gasteiger partial charge in [-0.25, -0.2) is 0 Å². The zero-order chi connectivity index (χ0) is 12.1. The second-order valence-corrected chi connectivity index (χ2v) is 4.57. The average Bonchev–Trinajstić information content (AvgIpc) is 2.38. The van der Waals surface area contributed by atoms with Gasteiger partial charge in [-0.05, 0) is 43.6 Å². The smallest absolute Gasteiger partial charge is 0.184 e. The molecule has 3 N–H and O–H groups in total. The molecule has 2 rings (SSSR count). The molecule has 0 spiro atoms. The van der Waals surface area contributed by atoms with E-state index in [1.165, 1.54) is 12.8 Å². The van der Waals surface area contributed by atoms with E-state index in [2.05, 4.69) is 15.5 Å². The molecule has 0 saturated heterocycles. The summed E-state index contributed by atoms with van der Waals surface area (Å²) in [5.41, 5.74) is 10.3. The van der Waals surface area contributed by atoms with Crippen molar-refractivity contribution in [1.29, 1.82) is 0 Å². The Morgan fingerprint density at radius 1 is 1.47 bits per heavy atom. The maximum Gasteiger partial charge on any atom is 0.184 e. The SMILES string of the molecule is NC(=S)N/N=C1/CCCC[C@@H]1c1ccccn1. The van der Waals surface area contributed by atoms with Crippen LogP contribution in [0.2, 0.25) is 0 Å². The maximum atomic E-state index is 5.39. The first-order chi connectivity index (χ1) is 8.27. The van der Waals surface area contributed by atoms with Gasteiger partial charge in [0.2, 0.25) is 0 Å². The van der Waals surface area contributed by atoms with Crippen molar-refractivity contribution < 1.29 is 0 Å². The summed E-state index contributed by atoms with van der Waals surface area (Å²) < 4.78 is 0. The molecule has 1 heterocycles. The first kappa shape index (κ1) is 12.0. The Kier molecular flexibility index (Phi) is 4.03. The largest absolute Gasteiger partial charge is 0.375 e. The molecule has 5 heteroatoms. The highest BCUT2D eigenvalue weighted by Crippen LogP contribution is 2.29. The first-order valence-electron chi connectivity index (χ1n) is 5.80. The van der Waals surface area contributed by atoms with Crippen molar-refractivity contribution in [3.05, 3.63) is 30.1 Å². The van der Waals surface area contributed by atoms with Gasteiger partial charge in [-0.3, -0.25) is 10.4 Å². The van der Waals surface area contributed by atoms with Crippen molar-refractivity contribution in [3.8, 4) is 0 Å². The summed E-state index contributed by atoms with van der Waals surface area (Å²) >= 11 is 4.76. The third-order valence-electron chi connectivity index (χ3n) is 2.93. The molecule has 1 aromatic heterocycles. The normalized spacial score (nSPS) is 22.4. The topological polar surface area (TPSA) is 63.3 Å². The maximum absolute atomic E-state index is 5.39. The number of thiocarbonyl (C=S) groups is 1. The lowest BCUT2D eigenvalue weighted by molar-refractivity contribution is 0.599. The third-order valence-corrected chi connectivity index (χ3v) is 3.02. The van der Waals surface area contributed by atoms with Crippen molar-refractivity contribution in [1.82, 2.24) is 10.4 Å². The van der Waals surface area contributed by atoms with Crippen molar-refractivity contribution in [2.75, 3.05) is 0 Å². The van der Waals surface area contributed by atoms with Crippen LogP contribution in [0.15, 0.2) is 29.5 Å². The first-order valence-corrected chi connectivity index (χ1v) is 6.21. The van der Waals surface area contributed by atoms with Crippen molar-refractivity contribution in [3.63, 3.8) is 0 Å². The van der Waals surface area contributed by atoms with E-state index in [-0.39, 0.29) is 5.11 Å². The van der Waals surface area contributed by atoms with E-state index in [0.717, 1.165) is 24.2 Å². The summed E-state index contributed by atoms with van der Waals surface area (Å²) in [4.78, 5) is 4.41. The van der Waals surface area contributed by atoms with Gasteiger partial charge in [0.15, 0.2) is 5.11 Å². The van der Waals surface area contributed by atoms with Crippen LogP contribution < -0.4 is 11.2 Å². The molecule has 90 valence electrons. The Balaban J connectivity index is 2.18. The number of hydrazone groups is 1. The molecule has 1 aromatic rings. The fraction of sp³-hybridized carbons (Fsp3) is 0.417. The minimum atomic E-state index is 0.211. The standard InChI is InChI=1S/C12H16N4S/c13-12(17)16-15-11-7-2-1-5-9(11)10-6-3-4-8-14-10/h3-4,6,8-9H,1-2,5,7H2,(H3,13,16,17)/b15-11-/t9-/m1/s1. The fourth-order valence-corrected chi connectivity index (χ4v) is 2.20. The molecule has 1 atom stereocenters. The van der Waals surface area contributed by atoms with E-state index in [1.54, 1.807) is 0 Å². The van der Waals surface area contributed by atoms with Crippen LogP contribution in [-0.2, 0) is 0 Å². The molecule has 1 saturated carbocycles. The van der Waals surface area contributed by atoms with Crippen molar-refractivity contribution in [2.45, 2.75) is 31.6 Å². The van der Waals surface area contributed by atoms with Crippen LogP contribution in [-0.4, -0.2) is 15.8 Å². The van der Waals surface area contributed by atoms with Gasteiger partial charge in [0, 0.05) is 23.5 Å². The minimum absolute atomic E-state index is 0.211. The molecule has 1 aliphatic rings. The molecular weight excluding hydrogens is 232 g/mol. The van der Waals surface area contributed by atoms with Crippen LogP contribution in [0.25, 0.3) is 0 Å². The highest BCUT2D eigenvalue weighted by Gasteiger charge is 2.23. The molecule has 0 aliphatic heterocycles. The van der Waals surface area contributed by atoms with Gasteiger partial charge in [0.25, 0.3) is 0 Å². The molecule has 0 aromatic carbocycles. The van der Waals surface area contributed by atoms with Crippen LogP contribution in [0.1, 0.15) is 37.3 Å². The molecule has 0 unspecified atom stereocenters. The Hall–Kier alpha value is -1.49. The Morgan fingerprint density at radius 2 is 2.35 bits per heavy atom. The number of pyridine rings is 1. The molecule has 0 amide bonds. The van der Waals surface area contributed by atoms with Gasteiger partial charge in [-0.15, -0.1) is 0 Å². The van der Waals surface area contributed by atoms with Gasteiger partial charge in [-0.2, -0.15) is 5.10 Å². The number of hydrogen-bond donors (Lipinski definition) is 2. The quantitative estimate of drug-likeness (QED) is 0.620. The zero-order valence-corrected chi connectivity index (χ0v) is 10.4. The lowest BCUT2D eigenvalue weighted by atomic mass is 9.85. The lowest BCUT2D eigenvalue weighted by Gasteiger charge is -2.23. The molecule has 4 nitrogen and oxygen atoms in total.